The van der Waals surface area contributed by atoms with Gasteiger partial charge >= 0.3 is 0 Å². The minimum absolute atomic E-state index is 0.119. The third kappa shape index (κ3) is 4.42. The van der Waals surface area contributed by atoms with Crippen LogP contribution in [0.2, 0.25) is 0 Å². The van der Waals surface area contributed by atoms with Crippen LogP contribution in [0.3, 0.4) is 0 Å². The molecule has 7 nitrogen and oxygen atoms in total. The molecule has 1 amide bonds. The molecule has 1 unspecified atom stereocenters. The molecule has 0 aliphatic heterocycles. The quantitative estimate of drug-likeness (QED) is 0.591. The van der Waals surface area contributed by atoms with Gasteiger partial charge in [0.25, 0.3) is 11.6 Å². The van der Waals surface area contributed by atoms with Crippen molar-refractivity contribution in [1.29, 1.82) is 0 Å². The molecule has 7 heteroatoms. The minimum Gasteiger partial charge on any atom is -0.393 e. The molecular formula is C14H21N3O4. The number of aliphatic hydroxyl groups excluding tert-OH is 1. The Kier molecular flexibility index (Phi) is 6.10. The van der Waals surface area contributed by atoms with Crippen molar-refractivity contribution in [2.45, 2.75) is 26.4 Å². The monoisotopic (exact) mass is 295 g/mol. The Bertz CT molecular complexity index is 517. The zero-order valence-corrected chi connectivity index (χ0v) is 12.5. The predicted molar refractivity (Wildman–Crippen MR) is 80.5 cm³/mol. The second-order valence-electron chi connectivity index (χ2n) is 4.85. The van der Waals surface area contributed by atoms with E-state index in [1.54, 1.807) is 20.0 Å². The lowest BCUT2D eigenvalue weighted by atomic mass is 10.1. The van der Waals surface area contributed by atoms with Gasteiger partial charge < -0.3 is 15.3 Å². The van der Waals surface area contributed by atoms with Crippen LogP contribution in [0.4, 0.5) is 11.4 Å². The van der Waals surface area contributed by atoms with Crippen molar-refractivity contribution in [1.82, 2.24) is 4.90 Å². The predicted octanol–water partition coefficient (Wildman–Crippen LogP) is 1.87. The van der Waals surface area contributed by atoms with E-state index >= 15 is 0 Å². The van der Waals surface area contributed by atoms with E-state index in [4.69, 9.17) is 0 Å². The molecule has 1 aromatic carbocycles. The highest BCUT2D eigenvalue weighted by Gasteiger charge is 2.23. The number of amides is 1. The molecule has 21 heavy (non-hydrogen) atoms. The molecule has 0 radical (unpaired) electrons. The summed E-state index contributed by atoms with van der Waals surface area (Å²) < 4.78 is 0. The normalized spacial score (nSPS) is 11.8. The van der Waals surface area contributed by atoms with Crippen LogP contribution in [-0.2, 0) is 0 Å². The summed E-state index contributed by atoms with van der Waals surface area (Å²) in [6.07, 6.45) is -0.0492. The van der Waals surface area contributed by atoms with Gasteiger partial charge in [-0.05, 0) is 26.3 Å². The van der Waals surface area contributed by atoms with E-state index in [2.05, 4.69) is 5.32 Å². The minimum atomic E-state index is -0.509. The largest absolute Gasteiger partial charge is 0.393 e. The van der Waals surface area contributed by atoms with Gasteiger partial charge in [-0.1, -0.05) is 6.07 Å². The number of nitrogens with one attached hydrogen (secondary N) is 1. The van der Waals surface area contributed by atoms with E-state index in [9.17, 15) is 20.0 Å². The van der Waals surface area contributed by atoms with Gasteiger partial charge in [-0.2, -0.15) is 0 Å². The van der Waals surface area contributed by atoms with Crippen LogP contribution in [0, 0.1) is 10.1 Å². The highest BCUT2D eigenvalue weighted by Crippen LogP contribution is 2.29. The maximum Gasteiger partial charge on any atom is 0.293 e. The Balaban J connectivity index is 3.08. The maximum atomic E-state index is 12.4. The zero-order chi connectivity index (χ0) is 16.0. The van der Waals surface area contributed by atoms with Crippen LogP contribution in [0.5, 0.6) is 0 Å². The average molecular weight is 295 g/mol. The Labute approximate surface area is 123 Å². The van der Waals surface area contributed by atoms with Crippen molar-refractivity contribution in [3.8, 4) is 0 Å². The van der Waals surface area contributed by atoms with Crippen LogP contribution in [0.1, 0.15) is 30.6 Å². The fraction of sp³-hybridized carbons (Fsp3) is 0.500. The summed E-state index contributed by atoms with van der Waals surface area (Å²) in [5.74, 6) is -0.310. The van der Waals surface area contributed by atoms with Crippen LogP contribution in [0.15, 0.2) is 18.2 Å². The van der Waals surface area contributed by atoms with Gasteiger partial charge in [-0.25, -0.2) is 0 Å². The van der Waals surface area contributed by atoms with Crippen LogP contribution < -0.4 is 5.32 Å². The van der Waals surface area contributed by atoms with E-state index in [-0.39, 0.29) is 22.8 Å². The number of carbonyl (C=O) groups is 1. The summed E-state index contributed by atoms with van der Waals surface area (Å²) in [4.78, 5) is 24.4. The molecule has 0 fully saturated rings. The smallest absolute Gasteiger partial charge is 0.293 e. The first-order valence-electron chi connectivity index (χ1n) is 6.83. The van der Waals surface area contributed by atoms with Gasteiger partial charge in [-0.3, -0.25) is 14.9 Å². The van der Waals surface area contributed by atoms with Gasteiger partial charge in [0.05, 0.1) is 16.6 Å². The van der Waals surface area contributed by atoms with Crippen LogP contribution in [0.25, 0.3) is 0 Å². The van der Waals surface area contributed by atoms with E-state index in [0.717, 1.165) is 0 Å². The number of hydrogen-bond acceptors (Lipinski definition) is 5. The SMILES string of the molecule is CCNc1c(C(=O)N(C)CCC(C)O)cccc1[N+](=O)[O-]. The van der Waals surface area contributed by atoms with Crippen molar-refractivity contribution < 1.29 is 14.8 Å². The number of anilines is 1. The molecule has 2 N–H and O–H groups in total. The van der Waals surface area contributed by atoms with E-state index in [1.165, 1.54) is 17.0 Å². The lowest BCUT2D eigenvalue weighted by Crippen LogP contribution is -2.30. The molecule has 0 aliphatic rings. The molecule has 0 aromatic heterocycles. The lowest BCUT2D eigenvalue weighted by Gasteiger charge is -2.20. The highest BCUT2D eigenvalue weighted by atomic mass is 16.6. The topological polar surface area (TPSA) is 95.7 Å². The summed E-state index contributed by atoms with van der Waals surface area (Å²) in [5.41, 5.74) is 0.379. The number of nitro benzene ring substituents is 1. The molecule has 0 heterocycles. The third-order valence-corrected chi connectivity index (χ3v) is 3.05. The standard InChI is InChI=1S/C14H21N3O4/c1-4-15-13-11(6-5-7-12(13)17(20)21)14(19)16(3)9-8-10(2)18/h5-7,10,15,18H,4,8-9H2,1-3H3. The molecule has 0 bridgehead atoms. The number of hydrogen-bond donors (Lipinski definition) is 2. The summed E-state index contributed by atoms with van der Waals surface area (Å²) in [7, 11) is 1.61. The summed E-state index contributed by atoms with van der Waals surface area (Å²) in [6, 6.07) is 4.42. The molecule has 1 atom stereocenters. The van der Waals surface area contributed by atoms with Crippen molar-refractivity contribution in [3.63, 3.8) is 0 Å². The fourth-order valence-corrected chi connectivity index (χ4v) is 1.92. The van der Waals surface area contributed by atoms with Crippen molar-refractivity contribution >= 4 is 17.3 Å². The number of benzene rings is 1. The van der Waals surface area contributed by atoms with Crippen molar-refractivity contribution in [2.24, 2.45) is 0 Å². The third-order valence-electron chi connectivity index (χ3n) is 3.05. The number of nitrogens with zero attached hydrogens (tertiary/aromatic N) is 2. The maximum absolute atomic E-state index is 12.4. The van der Waals surface area contributed by atoms with Gasteiger partial charge in [0.2, 0.25) is 0 Å². The Morgan fingerprint density at radius 1 is 1.52 bits per heavy atom. The first-order valence-corrected chi connectivity index (χ1v) is 6.83. The number of para-hydroxylation sites is 1. The highest BCUT2D eigenvalue weighted by molar-refractivity contribution is 6.01. The van der Waals surface area contributed by atoms with Crippen molar-refractivity contribution in [2.75, 3.05) is 25.5 Å². The van der Waals surface area contributed by atoms with Crippen molar-refractivity contribution in [3.05, 3.63) is 33.9 Å². The first kappa shape index (κ1) is 16.9. The van der Waals surface area contributed by atoms with Crippen LogP contribution >= 0.6 is 0 Å². The first-order chi connectivity index (χ1) is 9.88. The van der Waals surface area contributed by atoms with E-state index in [1.807, 2.05) is 6.92 Å². The molecule has 0 saturated carbocycles. The molecule has 116 valence electrons. The number of nitro groups is 1. The molecule has 0 saturated heterocycles. The molecule has 0 aliphatic carbocycles. The number of carbonyl (C=O) groups excluding carboxylic acids is 1. The number of aliphatic hydroxyl groups is 1. The Morgan fingerprint density at radius 3 is 2.71 bits per heavy atom. The van der Waals surface area contributed by atoms with Gasteiger partial charge in [0.15, 0.2) is 0 Å². The van der Waals surface area contributed by atoms with Crippen LogP contribution in [-0.4, -0.2) is 47.1 Å². The molecule has 0 spiro atoms. The molecule has 1 rings (SSSR count). The Morgan fingerprint density at radius 2 is 2.19 bits per heavy atom. The second-order valence-corrected chi connectivity index (χ2v) is 4.85. The summed E-state index contributed by atoms with van der Waals surface area (Å²) in [5, 5.41) is 23.2. The fourth-order valence-electron chi connectivity index (χ4n) is 1.92. The molecular weight excluding hydrogens is 274 g/mol. The summed E-state index contributed by atoms with van der Waals surface area (Å²) >= 11 is 0. The Hall–Kier alpha value is -2.15. The second kappa shape index (κ2) is 7.58. The average Bonchev–Trinajstić information content (AvgIpc) is 2.44. The van der Waals surface area contributed by atoms with E-state index < -0.39 is 11.0 Å². The van der Waals surface area contributed by atoms with E-state index in [0.29, 0.717) is 19.5 Å². The van der Waals surface area contributed by atoms with Gasteiger partial charge in [0, 0.05) is 26.2 Å². The zero-order valence-electron chi connectivity index (χ0n) is 12.5. The van der Waals surface area contributed by atoms with Gasteiger partial charge in [-0.15, -0.1) is 0 Å². The number of rotatable bonds is 7. The van der Waals surface area contributed by atoms with Gasteiger partial charge in [0.1, 0.15) is 5.69 Å². The molecule has 1 aromatic rings. The summed E-state index contributed by atoms with van der Waals surface area (Å²) in [6.45, 7) is 4.31. The lowest BCUT2D eigenvalue weighted by molar-refractivity contribution is -0.384.